The van der Waals surface area contributed by atoms with Crippen molar-refractivity contribution in [2.75, 3.05) is 18.6 Å². The Bertz CT molecular complexity index is 624. The quantitative estimate of drug-likeness (QED) is 0.481. The number of hydrogen-bond donors (Lipinski definition) is 0. The Kier molecular flexibility index (Phi) is 3.67. The van der Waals surface area contributed by atoms with Gasteiger partial charge in [-0.3, -0.25) is 19.7 Å². The molecule has 0 bridgehead atoms. The molecular weight excluding hydrogens is 276 g/mol. The van der Waals surface area contributed by atoms with Gasteiger partial charge in [0, 0.05) is 29.7 Å². The summed E-state index contributed by atoms with van der Waals surface area (Å²) in [7, 11) is 1.25. The number of non-ortho nitro benzene ring substituents is 1. The second kappa shape index (κ2) is 5.16. The third-order valence-electron chi connectivity index (χ3n) is 3.62. The maximum atomic E-state index is 12.2. The van der Waals surface area contributed by atoms with Crippen LogP contribution in [0, 0.1) is 10.1 Å². The second-order valence-electron chi connectivity index (χ2n) is 5.58. The van der Waals surface area contributed by atoms with Gasteiger partial charge in [0.1, 0.15) is 6.54 Å². The van der Waals surface area contributed by atoms with Crippen LogP contribution in [0.3, 0.4) is 0 Å². The molecule has 21 heavy (non-hydrogen) atoms. The van der Waals surface area contributed by atoms with Crippen molar-refractivity contribution >= 4 is 23.3 Å². The first-order valence-electron chi connectivity index (χ1n) is 6.42. The highest BCUT2D eigenvalue weighted by Crippen LogP contribution is 2.41. The van der Waals surface area contributed by atoms with E-state index in [0.29, 0.717) is 11.3 Å². The first kappa shape index (κ1) is 15.0. The van der Waals surface area contributed by atoms with E-state index in [1.807, 2.05) is 13.8 Å². The maximum absolute atomic E-state index is 12.2. The minimum atomic E-state index is -0.535. The van der Waals surface area contributed by atoms with Crippen molar-refractivity contribution in [3.8, 4) is 0 Å². The fourth-order valence-electron chi connectivity index (χ4n) is 2.49. The predicted octanol–water partition coefficient (Wildman–Crippen LogP) is 1.78. The first-order valence-corrected chi connectivity index (χ1v) is 6.42. The van der Waals surface area contributed by atoms with Crippen LogP contribution in [0.4, 0.5) is 11.4 Å². The van der Waals surface area contributed by atoms with Crippen molar-refractivity contribution in [3.05, 3.63) is 33.9 Å². The number of benzene rings is 1. The topological polar surface area (TPSA) is 89.8 Å². The average Bonchev–Trinajstić information content (AvgIpc) is 2.42. The number of nitro groups is 1. The third kappa shape index (κ3) is 2.72. The summed E-state index contributed by atoms with van der Waals surface area (Å²) < 4.78 is 4.59. The van der Waals surface area contributed by atoms with Crippen LogP contribution in [0.5, 0.6) is 0 Å². The summed E-state index contributed by atoms with van der Waals surface area (Å²) in [4.78, 5) is 35.4. The zero-order chi connectivity index (χ0) is 15.8. The number of carbonyl (C=O) groups excluding carboxylic acids is 2. The van der Waals surface area contributed by atoms with Gasteiger partial charge in [-0.2, -0.15) is 0 Å². The van der Waals surface area contributed by atoms with Gasteiger partial charge in [-0.25, -0.2) is 0 Å². The van der Waals surface area contributed by atoms with Crippen molar-refractivity contribution in [2.45, 2.75) is 25.7 Å². The molecule has 7 nitrogen and oxygen atoms in total. The minimum absolute atomic E-state index is 0.0332. The molecule has 1 aliphatic rings. The lowest BCUT2D eigenvalue weighted by molar-refractivity contribution is -0.385. The Morgan fingerprint density at radius 1 is 1.48 bits per heavy atom. The molecule has 0 aromatic heterocycles. The Morgan fingerprint density at radius 2 is 2.14 bits per heavy atom. The van der Waals surface area contributed by atoms with E-state index in [9.17, 15) is 19.7 Å². The van der Waals surface area contributed by atoms with Gasteiger partial charge in [0.15, 0.2) is 0 Å². The molecule has 0 N–H and O–H groups in total. The fourth-order valence-corrected chi connectivity index (χ4v) is 2.49. The number of amides is 1. The van der Waals surface area contributed by atoms with E-state index in [4.69, 9.17) is 0 Å². The number of nitro benzene ring substituents is 1. The van der Waals surface area contributed by atoms with Crippen molar-refractivity contribution in [1.29, 1.82) is 0 Å². The summed E-state index contributed by atoms with van der Waals surface area (Å²) in [6, 6.07) is 4.30. The van der Waals surface area contributed by atoms with E-state index in [1.165, 1.54) is 30.2 Å². The Morgan fingerprint density at radius 3 is 2.71 bits per heavy atom. The number of carbonyl (C=O) groups is 2. The van der Waals surface area contributed by atoms with Crippen LogP contribution in [-0.2, 0) is 19.7 Å². The average molecular weight is 292 g/mol. The Hall–Kier alpha value is -2.44. The van der Waals surface area contributed by atoms with Gasteiger partial charge in [0.25, 0.3) is 5.69 Å². The minimum Gasteiger partial charge on any atom is -0.468 e. The molecule has 0 saturated heterocycles. The summed E-state index contributed by atoms with van der Waals surface area (Å²) in [5, 5.41) is 10.9. The molecule has 1 aliphatic heterocycles. The number of nitrogens with zero attached hydrogens (tertiary/aromatic N) is 2. The van der Waals surface area contributed by atoms with Gasteiger partial charge in [-0.05, 0) is 11.6 Å². The van der Waals surface area contributed by atoms with Gasteiger partial charge in [-0.15, -0.1) is 0 Å². The van der Waals surface area contributed by atoms with Gasteiger partial charge < -0.3 is 9.64 Å². The molecule has 0 unspecified atom stereocenters. The molecule has 112 valence electrons. The summed E-state index contributed by atoms with van der Waals surface area (Å²) in [6.45, 7) is 3.50. The number of hydrogen-bond acceptors (Lipinski definition) is 5. The summed E-state index contributed by atoms with van der Waals surface area (Å²) >= 11 is 0. The van der Waals surface area contributed by atoms with Crippen LogP contribution in [0.15, 0.2) is 18.2 Å². The molecule has 7 heteroatoms. The third-order valence-corrected chi connectivity index (χ3v) is 3.62. The lowest BCUT2D eigenvalue weighted by atomic mass is 9.77. The Labute approximate surface area is 121 Å². The van der Waals surface area contributed by atoms with Crippen LogP contribution < -0.4 is 4.90 Å². The maximum Gasteiger partial charge on any atom is 0.325 e. The normalized spacial score (nSPS) is 16.3. The summed E-state index contributed by atoms with van der Waals surface area (Å²) in [5.41, 5.74) is 0.645. The lowest BCUT2D eigenvalue weighted by Crippen LogP contribution is -2.44. The van der Waals surface area contributed by atoms with E-state index in [0.717, 1.165) is 0 Å². The molecule has 0 aliphatic carbocycles. The molecule has 1 aromatic carbocycles. The molecule has 2 rings (SSSR count). The fraction of sp³-hybridized carbons (Fsp3) is 0.429. The van der Waals surface area contributed by atoms with Gasteiger partial charge >= 0.3 is 5.97 Å². The monoisotopic (exact) mass is 292 g/mol. The van der Waals surface area contributed by atoms with E-state index in [2.05, 4.69) is 4.74 Å². The molecular formula is C14H16N2O5. The molecule has 1 amide bonds. The standard InChI is InChI=1S/C14H16N2O5/c1-14(2)7-12(17)15(8-13(18)21-3)11-5-4-9(16(19)20)6-10(11)14/h4-6H,7-8H2,1-3H3. The molecule has 1 aromatic rings. The lowest BCUT2D eigenvalue weighted by Gasteiger charge is -2.37. The van der Waals surface area contributed by atoms with Crippen molar-refractivity contribution in [3.63, 3.8) is 0 Å². The van der Waals surface area contributed by atoms with Crippen molar-refractivity contribution in [1.82, 2.24) is 0 Å². The number of esters is 1. The summed E-state index contributed by atoms with van der Waals surface area (Å²) in [5.74, 6) is -0.737. The van der Waals surface area contributed by atoms with E-state index in [-0.39, 0.29) is 24.6 Å². The van der Waals surface area contributed by atoms with Gasteiger partial charge in [0.05, 0.1) is 12.0 Å². The highest BCUT2D eigenvalue weighted by Gasteiger charge is 2.38. The highest BCUT2D eigenvalue weighted by atomic mass is 16.6. The van der Waals surface area contributed by atoms with E-state index < -0.39 is 16.3 Å². The summed E-state index contributed by atoms with van der Waals surface area (Å²) in [6.07, 6.45) is 0.179. The number of fused-ring (bicyclic) bond motifs is 1. The number of methoxy groups -OCH3 is 1. The van der Waals surface area contributed by atoms with Crippen LogP contribution in [0.1, 0.15) is 25.8 Å². The largest absolute Gasteiger partial charge is 0.468 e. The van der Waals surface area contributed by atoms with Crippen LogP contribution in [-0.4, -0.2) is 30.5 Å². The number of ether oxygens (including phenoxy) is 1. The number of rotatable bonds is 3. The zero-order valence-corrected chi connectivity index (χ0v) is 12.1. The predicted molar refractivity (Wildman–Crippen MR) is 75.1 cm³/mol. The molecule has 0 fully saturated rings. The highest BCUT2D eigenvalue weighted by molar-refractivity contribution is 6.01. The van der Waals surface area contributed by atoms with Crippen LogP contribution >= 0.6 is 0 Å². The van der Waals surface area contributed by atoms with Gasteiger partial charge in [0.2, 0.25) is 5.91 Å². The SMILES string of the molecule is COC(=O)CN1C(=O)CC(C)(C)c2cc([N+](=O)[O-])ccc21. The molecule has 0 saturated carbocycles. The van der Waals surface area contributed by atoms with Gasteiger partial charge in [-0.1, -0.05) is 13.8 Å². The van der Waals surface area contributed by atoms with Crippen molar-refractivity contribution in [2.24, 2.45) is 0 Å². The Balaban J connectivity index is 2.53. The zero-order valence-electron chi connectivity index (χ0n) is 12.1. The second-order valence-corrected chi connectivity index (χ2v) is 5.58. The van der Waals surface area contributed by atoms with Crippen LogP contribution in [0.25, 0.3) is 0 Å². The molecule has 0 spiro atoms. The smallest absolute Gasteiger partial charge is 0.325 e. The van der Waals surface area contributed by atoms with Crippen molar-refractivity contribution < 1.29 is 19.2 Å². The van der Waals surface area contributed by atoms with E-state index in [1.54, 1.807) is 0 Å². The van der Waals surface area contributed by atoms with E-state index >= 15 is 0 Å². The van der Waals surface area contributed by atoms with Crippen LogP contribution in [0.2, 0.25) is 0 Å². The molecule has 0 radical (unpaired) electrons. The molecule has 1 heterocycles. The number of anilines is 1. The first-order chi connectivity index (χ1) is 9.76. The molecule has 0 atom stereocenters.